The summed E-state index contributed by atoms with van der Waals surface area (Å²) >= 11 is 1.63. The Hall–Kier alpha value is -0.910. The van der Waals surface area contributed by atoms with Crippen LogP contribution in [0.5, 0.6) is 0 Å². The molecule has 1 aliphatic rings. The van der Waals surface area contributed by atoms with Gasteiger partial charge in [0.15, 0.2) is 0 Å². The Kier molecular flexibility index (Phi) is 6.62. The normalized spacial score (nSPS) is 18.3. The van der Waals surface area contributed by atoms with Gasteiger partial charge in [0, 0.05) is 43.6 Å². The van der Waals surface area contributed by atoms with Crippen LogP contribution in [-0.4, -0.2) is 61.5 Å². The van der Waals surface area contributed by atoms with E-state index in [4.69, 9.17) is 0 Å². The molecule has 0 radical (unpaired) electrons. The van der Waals surface area contributed by atoms with Crippen LogP contribution in [0.2, 0.25) is 0 Å². The van der Waals surface area contributed by atoms with Gasteiger partial charge >= 0.3 is 0 Å². The van der Waals surface area contributed by atoms with Crippen LogP contribution in [0.1, 0.15) is 40.9 Å². The zero-order valence-electron chi connectivity index (χ0n) is 15.2. The first-order chi connectivity index (χ1) is 10.9. The minimum atomic E-state index is 0.0811. The van der Waals surface area contributed by atoms with Gasteiger partial charge < -0.3 is 10.2 Å². The second-order valence-corrected chi connectivity index (χ2v) is 8.07. The number of amides is 1. The summed E-state index contributed by atoms with van der Waals surface area (Å²) in [5, 5.41) is 3.17. The Balaban J connectivity index is 1.94. The number of piperazine rings is 1. The molecule has 0 saturated carbocycles. The number of carbonyl (C=O) groups is 1. The largest absolute Gasteiger partial charge is 0.350 e. The number of carbonyl (C=O) groups excluding carboxylic acids is 1. The summed E-state index contributed by atoms with van der Waals surface area (Å²) in [4.78, 5) is 19.5. The summed E-state index contributed by atoms with van der Waals surface area (Å²) in [7, 11) is 2.17. The van der Waals surface area contributed by atoms with Gasteiger partial charge in [-0.25, -0.2) is 0 Å². The molecular formula is C18H31N3OS. The Bertz CT molecular complexity index is 518. The Labute approximate surface area is 144 Å². The monoisotopic (exact) mass is 337 g/mol. The highest BCUT2D eigenvalue weighted by Crippen LogP contribution is 2.22. The highest BCUT2D eigenvalue weighted by molar-refractivity contribution is 7.14. The van der Waals surface area contributed by atoms with Crippen molar-refractivity contribution in [3.05, 3.63) is 21.4 Å². The standard InChI is InChI=1S/C18H31N3OS/c1-6-16-14(4)11-17(23-16)18(22)19-12-15(13(2)3)21-9-7-20(5)8-10-21/h11,13,15H,6-10,12H2,1-5H3,(H,19,22). The smallest absolute Gasteiger partial charge is 0.261 e. The van der Waals surface area contributed by atoms with Gasteiger partial charge in [0.25, 0.3) is 5.91 Å². The summed E-state index contributed by atoms with van der Waals surface area (Å²) in [5.74, 6) is 0.618. The highest BCUT2D eigenvalue weighted by atomic mass is 32.1. The SMILES string of the molecule is CCc1sc(C(=O)NCC(C(C)C)N2CCN(C)CC2)cc1C. The molecule has 1 fully saturated rings. The number of rotatable bonds is 6. The van der Waals surface area contributed by atoms with Crippen molar-refractivity contribution in [3.63, 3.8) is 0 Å². The van der Waals surface area contributed by atoms with Crippen molar-refractivity contribution in [1.29, 1.82) is 0 Å². The van der Waals surface area contributed by atoms with Crippen molar-refractivity contribution in [1.82, 2.24) is 15.1 Å². The number of hydrogen-bond acceptors (Lipinski definition) is 4. The van der Waals surface area contributed by atoms with E-state index in [2.05, 4.69) is 49.9 Å². The zero-order chi connectivity index (χ0) is 17.0. The zero-order valence-corrected chi connectivity index (χ0v) is 16.0. The molecule has 23 heavy (non-hydrogen) atoms. The number of nitrogens with one attached hydrogen (secondary N) is 1. The van der Waals surface area contributed by atoms with Crippen molar-refractivity contribution in [2.75, 3.05) is 39.8 Å². The lowest BCUT2D eigenvalue weighted by atomic mass is 10.0. The summed E-state index contributed by atoms with van der Waals surface area (Å²) in [6.45, 7) is 13.9. The van der Waals surface area contributed by atoms with Crippen LogP contribution in [0, 0.1) is 12.8 Å². The Morgan fingerprint density at radius 2 is 1.96 bits per heavy atom. The van der Waals surface area contributed by atoms with Crippen LogP contribution in [0.15, 0.2) is 6.07 Å². The van der Waals surface area contributed by atoms with E-state index in [1.807, 2.05) is 6.07 Å². The molecule has 1 N–H and O–H groups in total. The summed E-state index contributed by atoms with van der Waals surface area (Å²) in [6.07, 6.45) is 1.000. The molecule has 4 nitrogen and oxygen atoms in total. The first-order valence-corrected chi connectivity index (χ1v) is 9.54. The van der Waals surface area contributed by atoms with Crippen LogP contribution in [0.3, 0.4) is 0 Å². The van der Waals surface area contributed by atoms with E-state index < -0.39 is 0 Å². The molecular weight excluding hydrogens is 306 g/mol. The van der Waals surface area contributed by atoms with Crippen LogP contribution in [-0.2, 0) is 6.42 Å². The number of hydrogen-bond donors (Lipinski definition) is 1. The average molecular weight is 338 g/mol. The van der Waals surface area contributed by atoms with Gasteiger partial charge in [-0.3, -0.25) is 9.69 Å². The maximum absolute atomic E-state index is 12.5. The first kappa shape index (κ1) is 18.4. The van der Waals surface area contributed by atoms with Crippen molar-refractivity contribution >= 4 is 17.2 Å². The lowest BCUT2D eigenvalue weighted by Crippen LogP contribution is -2.54. The van der Waals surface area contributed by atoms with E-state index in [0.29, 0.717) is 12.0 Å². The van der Waals surface area contributed by atoms with Crippen LogP contribution in [0.4, 0.5) is 0 Å². The van der Waals surface area contributed by atoms with Crippen molar-refractivity contribution in [2.24, 2.45) is 5.92 Å². The fraction of sp³-hybridized carbons (Fsp3) is 0.722. The molecule has 1 aliphatic heterocycles. The van der Waals surface area contributed by atoms with Gasteiger partial charge in [-0.2, -0.15) is 0 Å². The summed E-state index contributed by atoms with van der Waals surface area (Å²) < 4.78 is 0. The highest BCUT2D eigenvalue weighted by Gasteiger charge is 2.25. The third-order valence-corrected chi connectivity index (χ3v) is 6.19. The van der Waals surface area contributed by atoms with Gasteiger partial charge in [-0.1, -0.05) is 20.8 Å². The van der Waals surface area contributed by atoms with E-state index in [1.54, 1.807) is 11.3 Å². The van der Waals surface area contributed by atoms with Gasteiger partial charge in [0.1, 0.15) is 0 Å². The summed E-state index contributed by atoms with van der Waals surface area (Å²) in [5.41, 5.74) is 1.24. The average Bonchev–Trinajstić information content (AvgIpc) is 2.90. The van der Waals surface area contributed by atoms with E-state index in [-0.39, 0.29) is 5.91 Å². The van der Waals surface area contributed by atoms with E-state index in [0.717, 1.165) is 44.0 Å². The molecule has 0 bridgehead atoms. The second-order valence-electron chi connectivity index (χ2n) is 6.93. The van der Waals surface area contributed by atoms with E-state index >= 15 is 0 Å². The fourth-order valence-electron chi connectivity index (χ4n) is 3.21. The van der Waals surface area contributed by atoms with Crippen LogP contribution in [0.25, 0.3) is 0 Å². The van der Waals surface area contributed by atoms with E-state index in [9.17, 15) is 4.79 Å². The molecule has 1 aromatic heterocycles. The van der Waals surface area contributed by atoms with Gasteiger partial charge in [-0.15, -0.1) is 11.3 Å². The molecule has 2 heterocycles. The predicted octanol–water partition coefficient (Wildman–Crippen LogP) is 2.62. The molecule has 1 unspecified atom stereocenters. The van der Waals surface area contributed by atoms with E-state index in [1.165, 1.54) is 10.4 Å². The quantitative estimate of drug-likeness (QED) is 0.867. The molecule has 0 spiro atoms. The Morgan fingerprint density at radius 3 is 2.48 bits per heavy atom. The molecule has 2 rings (SSSR count). The Morgan fingerprint density at radius 1 is 1.30 bits per heavy atom. The third-order valence-electron chi connectivity index (χ3n) is 4.81. The molecule has 0 aliphatic carbocycles. The maximum Gasteiger partial charge on any atom is 0.261 e. The summed E-state index contributed by atoms with van der Waals surface area (Å²) in [6, 6.07) is 2.44. The molecule has 0 aromatic carbocycles. The molecule has 1 amide bonds. The number of thiophene rings is 1. The molecule has 130 valence electrons. The minimum Gasteiger partial charge on any atom is -0.350 e. The van der Waals surface area contributed by atoms with Gasteiger partial charge in [0.05, 0.1) is 4.88 Å². The van der Waals surface area contributed by atoms with Crippen molar-refractivity contribution in [3.8, 4) is 0 Å². The van der Waals surface area contributed by atoms with Gasteiger partial charge in [0.2, 0.25) is 0 Å². The molecule has 1 aromatic rings. The minimum absolute atomic E-state index is 0.0811. The number of aryl methyl sites for hydroxylation is 2. The van der Waals surface area contributed by atoms with Crippen LogP contribution < -0.4 is 5.32 Å². The fourth-order valence-corrected chi connectivity index (χ4v) is 4.24. The predicted molar refractivity (Wildman–Crippen MR) is 98.5 cm³/mol. The molecule has 1 atom stereocenters. The van der Waals surface area contributed by atoms with Gasteiger partial charge in [-0.05, 0) is 37.9 Å². The molecule has 5 heteroatoms. The third kappa shape index (κ3) is 4.78. The molecule has 1 saturated heterocycles. The van der Waals surface area contributed by atoms with Crippen molar-refractivity contribution in [2.45, 2.75) is 40.2 Å². The first-order valence-electron chi connectivity index (χ1n) is 8.72. The van der Waals surface area contributed by atoms with Crippen LogP contribution >= 0.6 is 11.3 Å². The topological polar surface area (TPSA) is 35.6 Å². The number of likely N-dealkylation sites (N-methyl/N-ethyl adjacent to an activating group) is 1. The van der Waals surface area contributed by atoms with Crippen molar-refractivity contribution < 1.29 is 4.79 Å². The lowest BCUT2D eigenvalue weighted by Gasteiger charge is -2.39. The lowest BCUT2D eigenvalue weighted by molar-refractivity contribution is 0.0793. The number of nitrogens with zero attached hydrogens (tertiary/aromatic N) is 2. The second kappa shape index (κ2) is 8.27. The maximum atomic E-state index is 12.5.